The highest BCUT2D eigenvalue weighted by Crippen LogP contribution is 2.32. The Morgan fingerprint density at radius 3 is 2.33 bits per heavy atom. The molecule has 2 nitrogen and oxygen atoms in total. The number of aliphatic hydroxyl groups is 1. The van der Waals surface area contributed by atoms with Crippen LogP contribution in [0.1, 0.15) is 45.6 Å². The lowest BCUT2D eigenvalue weighted by Gasteiger charge is -2.43. The number of hydrogen-bond donors (Lipinski definition) is 1. The predicted octanol–water partition coefficient (Wildman–Crippen LogP) is 3.41. The number of piperidine rings is 1. The molecule has 0 saturated carbocycles. The van der Waals surface area contributed by atoms with Crippen LogP contribution in [0.5, 0.6) is 0 Å². The summed E-state index contributed by atoms with van der Waals surface area (Å²) in [5.74, 6) is 0.582. The number of aliphatic hydroxyl groups excluding tert-OH is 1. The molecule has 0 bridgehead atoms. The van der Waals surface area contributed by atoms with Gasteiger partial charge in [0.05, 0.1) is 6.10 Å². The molecule has 1 aromatic carbocycles. The maximum Gasteiger partial charge on any atom is 0.0624 e. The van der Waals surface area contributed by atoms with Gasteiger partial charge in [0, 0.05) is 24.2 Å². The molecule has 0 radical (unpaired) electrons. The fourth-order valence-corrected chi connectivity index (χ4v) is 2.64. The molecule has 0 spiro atoms. The van der Waals surface area contributed by atoms with E-state index in [4.69, 9.17) is 0 Å². The quantitative estimate of drug-likeness (QED) is 0.865. The molecule has 1 fully saturated rings. The van der Waals surface area contributed by atoms with Crippen LogP contribution in [0, 0.1) is 5.41 Å². The van der Waals surface area contributed by atoms with Crippen molar-refractivity contribution in [3.63, 3.8) is 0 Å². The summed E-state index contributed by atoms with van der Waals surface area (Å²) >= 11 is 0. The van der Waals surface area contributed by atoms with Crippen LogP contribution in [0.2, 0.25) is 0 Å². The molecule has 100 valence electrons. The van der Waals surface area contributed by atoms with Gasteiger partial charge in [0.1, 0.15) is 0 Å². The van der Waals surface area contributed by atoms with Gasteiger partial charge in [-0.25, -0.2) is 0 Å². The number of nitrogens with zero attached hydrogens (tertiary/aromatic N) is 1. The molecule has 1 atom stereocenters. The van der Waals surface area contributed by atoms with Crippen molar-refractivity contribution in [2.45, 2.75) is 46.1 Å². The van der Waals surface area contributed by atoms with Gasteiger partial charge < -0.3 is 10.0 Å². The number of anilines is 1. The number of benzene rings is 1. The van der Waals surface area contributed by atoms with Gasteiger partial charge in [-0.05, 0) is 30.0 Å². The standard InChI is InChI=1S/C16H25NO/c1-12(2)13-5-7-14(8-6-13)17-10-9-15(18)16(3,4)11-17/h5-8,12,15,18H,9-11H2,1-4H3. The van der Waals surface area contributed by atoms with Gasteiger partial charge in [0.2, 0.25) is 0 Å². The first-order valence-corrected chi connectivity index (χ1v) is 6.93. The molecule has 1 aromatic rings. The second kappa shape index (κ2) is 4.93. The summed E-state index contributed by atoms with van der Waals surface area (Å²) < 4.78 is 0. The second-order valence-electron chi connectivity index (χ2n) is 6.46. The van der Waals surface area contributed by atoms with Gasteiger partial charge in [-0.2, -0.15) is 0 Å². The fourth-order valence-electron chi connectivity index (χ4n) is 2.64. The second-order valence-corrected chi connectivity index (χ2v) is 6.46. The highest BCUT2D eigenvalue weighted by molar-refractivity contribution is 5.48. The maximum absolute atomic E-state index is 9.99. The normalized spacial score (nSPS) is 23.4. The molecular formula is C16H25NO. The molecule has 1 unspecified atom stereocenters. The van der Waals surface area contributed by atoms with E-state index in [9.17, 15) is 5.11 Å². The van der Waals surface area contributed by atoms with Crippen LogP contribution in [0.15, 0.2) is 24.3 Å². The zero-order valence-electron chi connectivity index (χ0n) is 12.0. The lowest BCUT2D eigenvalue weighted by Crippen LogP contribution is -2.48. The van der Waals surface area contributed by atoms with Crippen molar-refractivity contribution in [2.24, 2.45) is 5.41 Å². The van der Waals surface area contributed by atoms with Gasteiger partial charge in [-0.1, -0.05) is 39.8 Å². The van der Waals surface area contributed by atoms with E-state index < -0.39 is 0 Å². The van der Waals surface area contributed by atoms with Crippen LogP contribution in [0.4, 0.5) is 5.69 Å². The Morgan fingerprint density at radius 1 is 1.22 bits per heavy atom. The molecule has 1 heterocycles. The van der Waals surface area contributed by atoms with E-state index in [2.05, 4.69) is 56.9 Å². The van der Waals surface area contributed by atoms with Gasteiger partial charge in [-0.3, -0.25) is 0 Å². The average Bonchev–Trinajstić information content (AvgIpc) is 2.33. The maximum atomic E-state index is 9.99. The summed E-state index contributed by atoms with van der Waals surface area (Å²) in [6.45, 7) is 10.6. The lowest BCUT2D eigenvalue weighted by molar-refractivity contribution is 0.0336. The Hall–Kier alpha value is -1.02. The van der Waals surface area contributed by atoms with Crippen LogP contribution < -0.4 is 4.90 Å². The van der Waals surface area contributed by atoms with E-state index in [1.165, 1.54) is 11.3 Å². The van der Waals surface area contributed by atoms with E-state index in [0.717, 1.165) is 19.5 Å². The molecule has 1 saturated heterocycles. The Balaban J connectivity index is 2.13. The third-order valence-electron chi connectivity index (χ3n) is 4.10. The van der Waals surface area contributed by atoms with Crippen molar-refractivity contribution in [3.8, 4) is 0 Å². The summed E-state index contributed by atoms with van der Waals surface area (Å²) in [4.78, 5) is 2.39. The van der Waals surface area contributed by atoms with Gasteiger partial charge in [0.15, 0.2) is 0 Å². The van der Waals surface area contributed by atoms with Crippen molar-refractivity contribution < 1.29 is 5.11 Å². The molecule has 0 aromatic heterocycles. The summed E-state index contributed by atoms with van der Waals surface area (Å²) in [5.41, 5.74) is 2.64. The molecule has 0 aliphatic carbocycles. The number of hydrogen-bond acceptors (Lipinski definition) is 2. The molecule has 2 heteroatoms. The largest absolute Gasteiger partial charge is 0.392 e. The van der Waals surface area contributed by atoms with E-state index in [1.807, 2.05) is 0 Å². The SMILES string of the molecule is CC(C)c1ccc(N2CCC(O)C(C)(C)C2)cc1. The molecule has 1 aliphatic heterocycles. The molecule has 2 rings (SSSR count). The summed E-state index contributed by atoms with van der Waals surface area (Å²) in [6, 6.07) is 8.86. The van der Waals surface area contributed by atoms with Gasteiger partial charge in [-0.15, -0.1) is 0 Å². The third kappa shape index (κ3) is 2.69. The van der Waals surface area contributed by atoms with Crippen molar-refractivity contribution in [2.75, 3.05) is 18.0 Å². The number of rotatable bonds is 2. The average molecular weight is 247 g/mol. The van der Waals surface area contributed by atoms with Crippen molar-refractivity contribution in [3.05, 3.63) is 29.8 Å². The highest BCUT2D eigenvalue weighted by atomic mass is 16.3. The van der Waals surface area contributed by atoms with Crippen LogP contribution in [-0.4, -0.2) is 24.3 Å². The molecule has 1 aliphatic rings. The minimum atomic E-state index is -0.177. The van der Waals surface area contributed by atoms with Crippen LogP contribution in [0.3, 0.4) is 0 Å². The monoisotopic (exact) mass is 247 g/mol. The fraction of sp³-hybridized carbons (Fsp3) is 0.625. The first kappa shape index (κ1) is 13.4. The summed E-state index contributed by atoms with van der Waals surface area (Å²) in [6.07, 6.45) is 0.683. The topological polar surface area (TPSA) is 23.5 Å². The Morgan fingerprint density at radius 2 is 1.83 bits per heavy atom. The Kier molecular flexibility index (Phi) is 3.67. The minimum absolute atomic E-state index is 0.0189. The minimum Gasteiger partial charge on any atom is -0.392 e. The van der Waals surface area contributed by atoms with E-state index in [0.29, 0.717) is 5.92 Å². The van der Waals surface area contributed by atoms with Crippen molar-refractivity contribution >= 4 is 5.69 Å². The van der Waals surface area contributed by atoms with E-state index >= 15 is 0 Å². The zero-order chi connectivity index (χ0) is 13.3. The molecule has 0 amide bonds. The lowest BCUT2D eigenvalue weighted by atomic mass is 9.81. The van der Waals surface area contributed by atoms with E-state index in [-0.39, 0.29) is 11.5 Å². The molecule has 1 N–H and O–H groups in total. The van der Waals surface area contributed by atoms with Gasteiger partial charge >= 0.3 is 0 Å². The summed E-state index contributed by atoms with van der Waals surface area (Å²) in [5, 5.41) is 9.99. The van der Waals surface area contributed by atoms with E-state index in [1.54, 1.807) is 0 Å². The zero-order valence-corrected chi connectivity index (χ0v) is 12.0. The predicted molar refractivity (Wildman–Crippen MR) is 77.1 cm³/mol. The van der Waals surface area contributed by atoms with Crippen LogP contribution in [0.25, 0.3) is 0 Å². The molecular weight excluding hydrogens is 222 g/mol. The highest BCUT2D eigenvalue weighted by Gasteiger charge is 2.34. The van der Waals surface area contributed by atoms with Gasteiger partial charge in [0.25, 0.3) is 0 Å². The smallest absolute Gasteiger partial charge is 0.0624 e. The summed E-state index contributed by atoms with van der Waals surface area (Å²) in [7, 11) is 0. The molecule has 18 heavy (non-hydrogen) atoms. The first-order chi connectivity index (χ1) is 8.40. The van der Waals surface area contributed by atoms with Crippen molar-refractivity contribution in [1.29, 1.82) is 0 Å². The first-order valence-electron chi connectivity index (χ1n) is 6.93. The van der Waals surface area contributed by atoms with Crippen molar-refractivity contribution in [1.82, 2.24) is 0 Å². The van der Waals surface area contributed by atoms with Crippen LogP contribution >= 0.6 is 0 Å². The van der Waals surface area contributed by atoms with Crippen LogP contribution in [-0.2, 0) is 0 Å². The Labute approximate surface area is 111 Å². The third-order valence-corrected chi connectivity index (χ3v) is 4.10. The Bertz CT molecular complexity index is 394.